The summed E-state index contributed by atoms with van der Waals surface area (Å²) in [6.07, 6.45) is 5.12. The molecule has 0 spiro atoms. The van der Waals surface area contributed by atoms with Crippen molar-refractivity contribution in [3.8, 4) is 11.5 Å². The summed E-state index contributed by atoms with van der Waals surface area (Å²) in [7, 11) is 2.13. The van der Waals surface area contributed by atoms with E-state index in [1.165, 1.54) is 0 Å². The van der Waals surface area contributed by atoms with E-state index in [1.807, 2.05) is 42.9 Å². The van der Waals surface area contributed by atoms with Crippen molar-refractivity contribution in [1.82, 2.24) is 30.0 Å². The Kier molecular flexibility index (Phi) is 6.02. The summed E-state index contributed by atoms with van der Waals surface area (Å²) >= 11 is 0. The highest BCUT2D eigenvalue weighted by atomic mass is 16.3. The number of pyridine rings is 2. The lowest BCUT2D eigenvalue weighted by Gasteiger charge is -2.33. The molecule has 4 aromatic rings. The van der Waals surface area contributed by atoms with E-state index in [2.05, 4.69) is 38.3 Å². The highest BCUT2D eigenvalue weighted by molar-refractivity contribution is 6.06. The third-order valence-electron chi connectivity index (χ3n) is 6.16. The SMILES string of the molecule is CC(C)n1ncc2c(C(=O)NCc3ccnc(N4CCN(C)CC4)c3)cc(-c3ccco3)nc21. The van der Waals surface area contributed by atoms with Crippen molar-refractivity contribution in [2.75, 3.05) is 38.1 Å². The molecule has 0 bridgehead atoms. The van der Waals surface area contributed by atoms with Gasteiger partial charge in [-0.2, -0.15) is 5.10 Å². The molecule has 0 aliphatic carbocycles. The van der Waals surface area contributed by atoms with E-state index >= 15 is 0 Å². The van der Waals surface area contributed by atoms with Crippen LogP contribution in [-0.4, -0.2) is 63.8 Å². The van der Waals surface area contributed by atoms with Crippen molar-refractivity contribution >= 4 is 22.8 Å². The molecule has 9 nitrogen and oxygen atoms in total. The van der Waals surface area contributed by atoms with Crippen molar-refractivity contribution in [2.24, 2.45) is 0 Å². The van der Waals surface area contributed by atoms with Gasteiger partial charge >= 0.3 is 0 Å². The van der Waals surface area contributed by atoms with Gasteiger partial charge in [0.1, 0.15) is 11.5 Å². The number of furan rings is 1. The number of amides is 1. The molecule has 1 N–H and O–H groups in total. The van der Waals surface area contributed by atoms with Gasteiger partial charge in [-0.1, -0.05) is 0 Å². The average Bonchev–Trinajstić information content (AvgIpc) is 3.53. The second-order valence-corrected chi connectivity index (χ2v) is 8.95. The maximum atomic E-state index is 13.3. The maximum Gasteiger partial charge on any atom is 0.252 e. The minimum Gasteiger partial charge on any atom is -0.463 e. The van der Waals surface area contributed by atoms with Crippen molar-refractivity contribution in [1.29, 1.82) is 0 Å². The molecule has 5 rings (SSSR count). The third kappa shape index (κ3) is 4.38. The molecule has 1 saturated heterocycles. The molecule has 4 aromatic heterocycles. The lowest BCUT2D eigenvalue weighted by Crippen LogP contribution is -2.44. The first-order valence-corrected chi connectivity index (χ1v) is 11.6. The standard InChI is InChI=1S/C25H29N7O2/c1-17(2)32-24-20(16-28-32)19(14-21(29-24)22-5-4-12-34-22)25(33)27-15-18-6-7-26-23(13-18)31-10-8-30(3)9-11-31/h4-7,12-14,16-17H,8-11,15H2,1-3H3,(H,27,33). The average molecular weight is 460 g/mol. The van der Waals surface area contributed by atoms with Crippen molar-refractivity contribution in [2.45, 2.75) is 26.4 Å². The summed E-state index contributed by atoms with van der Waals surface area (Å²) in [4.78, 5) is 27.2. The summed E-state index contributed by atoms with van der Waals surface area (Å²) in [5.41, 5.74) is 2.80. The zero-order chi connectivity index (χ0) is 23.7. The zero-order valence-corrected chi connectivity index (χ0v) is 19.7. The smallest absolute Gasteiger partial charge is 0.252 e. The number of piperazine rings is 1. The summed E-state index contributed by atoms with van der Waals surface area (Å²) in [5.74, 6) is 1.38. The fraction of sp³-hybridized carbons (Fsp3) is 0.360. The second kappa shape index (κ2) is 9.26. The zero-order valence-electron chi connectivity index (χ0n) is 19.7. The number of nitrogens with zero attached hydrogens (tertiary/aromatic N) is 6. The van der Waals surface area contributed by atoms with Crippen molar-refractivity contribution < 1.29 is 9.21 Å². The van der Waals surface area contributed by atoms with Crippen LogP contribution in [0.3, 0.4) is 0 Å². The van der Waals surface area contributed by atoms with Gasteiger partial charge in [0.05, 0.1) is 23.4 Å². The molecule has 0 saturated carbocycles. The van der Waals surface area contributed by atoms with E-state index in [0.717, 1.165) is 42.9 Å². The van der Waals surface area contributed by atoms with E-state index < -0.39 is 0 Å². The topological polar surface area (TPSA) is 92.3 Å². The monoisotopic (exact) mass is 459 g/mol. The Hall–Kier alpha value is -3.72. The van der Waals surface area contributed by atoms with Crippen LogP contribution in [0.1, 0.15) is 35.8 Å². The van der Waals surface area contributed by atoms with Crippen LogP contribution in [0.15, 0.2) is 53.4 Å². The first-order valence-electron chi connectivity index (χ1n) is 11.6. The molecule has 0 atom stereocenters. The molecular weight excluding hydrogens is 430 g/mol. The number of hydrogen-bond acceptors (Lipinski definition) is 7. The van der Waals surface area contributed by atoms with Crippen LogP contribution in [0, 0.1) is 0 Å². The van der Waals surface area contributed by atoms with Crippen LogP contribution in [0.5, 0.6) is 0 Å². The lowest BCUT2D eigenvalue weighted by molar-refractivity contribution is 0.0952. The normalized spacial score (nSPS) is 14.8. The van der Waals surface area contributed by atoms with Crippen molar-refractivity contribution in [3.63, 3.8) is 0 Å². The van der Waals surface area contributed by atoms with Gasteiger partial charge in [-0.3, -0.25) is 4.79 Å². The van der Waals surface area contributed by atoms with Crippen molar-refractivity contribution in [3.05, 3.63) is 60.1 Å². The minimum absolute atomic E-state index is 0.109. The highest BCUT2D eigenvalue weighted by Gasteiger charge is 2.20. The number of anilines is 1. The predicted molar refractivity (Wildman–Crippen MR) is 131 cm³/mol. The summed E-state index contributed by atoms with van der Waals surface area (Å²) in [5, 5.41) is 8.26. The molecular formula is C25H29N7O2. The van der Waals surface area contributed by atoms with Gasteiger partial charge in [-0.15, -0.1) is 0 Å². The summed E-state index contributed by atoms with van der Waals surface area (Å²) in [6, 6.07) is 9.51. The number of hydrogen-bond donors (Lipinski definition) is 1. The number of nitrogens with one attached hydrogen (secondary N) is 1. The molecule has 1 aliphatic heterocycles. The Morgan fingerprint density at radius 3 is 2.74 bits per heavy atom. The number of carbonyl (C=O) groups excluding carboxylic acids is 1. The Morgan fingerprint density at radius 1 is 1.18 bits per heavy atom. The van der Waals surface area contributed by atoms with Gasteiger partial charge in [0.2, 0.25) is 0 Å². The number of likely N-dealkylation sites (N-methyl/N-ethyl adjacent to an activating group) is 1. The van der Waals surface area contributed by atoms with Gasteiger partial charge < -0.3 is 19.5 Å². The molecule has 0 radical (unpaired) electrons. The fourth-order valence-electron chi connectivity index (χ4n) is 4.19. The Labute approximate surface area is 198 Å². The second-order valence-electron chi connectivity index (χ2n) is 8.95. The third-order valence-corrected chi connectivity index (χ3v) is 6.16. The molecule has 176 valence electrons. The van der Waals surface area contributed by atoms with Gasteiger partial charge in [-0.05, 0) is 56.8 Å². The van der Waals surface area contributed by atoms with E-state index in [0.29, 0.717) is 29.2 Å². The molecule has 1 fully saturated rings. The first kappa shape index (κ1) is 22.1. The van der Waals surface area contributed by atoms with E-state index in [4.69, 9.17) is 9.40 Å². The minimum atomic E-state index is -0.179. The predicted octanol–water partition coefficient (Wildman–Crippen LogP) is 3.35. The Bertz CT molecular complexity index is 1290. The van der Waals surface area contributed by atoms with Crippen LogP contribution in [-0.2, 0) is 6.54 Å². The number of rotatable bonds is 6. The van der Waals surface area contributed by atoms with Crippen LogP contribution < -0.4 is 10.2 Å². The molecule has 34 heavy (non-hydrogen) atoms. The molecule has 9 heteroatoms. The summed E-state index contributed by atoms with van der Waals surface area (Å²) < 4.78 is 7.37. The van der Waals surface area contributed by atoms with E-state index in [1.54, 1.807) is 18.5 Å². The molecule has 1 amide bonds. The largest absolute Gasteiger partial charge is 0.463 e. The molecule has 5 heterocycles. The molecule has 0 unspecified atom stereocenters. The molecule has 1 aliphatic rings. The number of carbonyl (C=O) groups is 1. The Balaban J connectivity index is 1.39. The fourth-order valence-corrected chi connectivity index (χ4v) is 4.19. The van der Waals surface area contributed by atoms with Crippen LogP contribution in [0.25, 0.3) is 22.5 Å². The molecule has 0 aromatic carbocycles. The van der Waals surface area contributed by atoms with Crippen LogP contribution >= 0.6 is 0 Å². The van der Waals surface area contributed by atoms with Gasteiger partial charge in [0, 0.05) is 45.0 Å². The summed E-state index contributed by atoms with van der Waals surface area (Å²) in [6.45, 7) is 8.41. The highest BCUT2D eigenvalue weighted by Crippen LogP contribution is 2.27. The number of aromatic nitrogens is 4. The Morgan fingerprint density at radius 2 is 2.00 bits per heavy atom. The first-order chi connectivity index (χ1) is 16.5. The van der Waals surface area contributed by atoms with Crippen LogP contribution in [0.2, 0.25) is 0 Å². The number of fused-ring (bicyclic) bond motifs is 1. The van der Waals surface area contributed by atoms with Gasteiger partial charge in [0.25, 0.3) is 5.91 Å². The van der Waals surface area contributed by atoms with Gasteiger partial charge in [0.15, 0.2) is 11.4 Å². The van der Waals surface area contributed by atoms with Crippen LogP contribution in [0.4, 0.5) is 5.82 Å². The quantitative estimate of drug-likeness (QED) is 0.473. The van der Waals surface area contributed by atoms with E-state index in [-0.39, 0.29) is 11.9 Å². The van der Waals surface area contributed by atoms with E-state index in [9.17, 15) is 4.79 Å². The maximum absolute atomic E-state index is 13.3. The lowest BCUT2D eigenvalue weighted by atomic mass is 10.1. The van der Waals surface area contributed by atoms with Gasteiger partial charge in [-0.25, -0.2) is 14.6 Å².